The van der Waals surface area contributed by atoms with Crippen LogP contribution in [0, 0.1) is 0 Å². The highest BCUT2D eigenvalue weighted by Gasteiger charge is 2.28. The van der Waals surface area contributed by atoms with E-state index in [-0.39, 0.29) is 5.91 Å². The molecular formula is C19H23N3O3S. The van der Waals surface area contributed by atoms with Gasteiger partial charge in [-0.15, -0.1) is 0 Å². The first-order valence-corrected chi connectivity index (χ1v) is 10.5. The fourth-order valence-electron chi connectivity index (χ4n) is 4.00. The monoisotopic (exact) mass is 373 g/mol. The predicted octanol–water partition coefficient (Wildman–Crippen LogP) is 2.00. The van der Waals surface area contributed by atoms with E-state index in [9.17, 15) is 13.2 Å². The van der Waals surface area contributed by atoms with E-state index in [0.29, 0.717) is 30.1 Å². The summed E-state index contributed by atoms with van der Waals surface area (Å²) in [5, 5.41) is 0. The van der Waals surface area contributed by atoms with Crippen LogP contribution < -0.4 is 4.72 Å². The molecule has 0 bridgehead atoms. The molecule has 138 valence electrons. The molecule has 26 heavy (non-hydrogen) atoms. The van der Waals surface area contributed by atoms with Crippen molar-refractivity contribution < 1.29 is 13.2 Å². The molecule has 2 aromatic rings. The van der Waals surface area contributed by atoms with Gasteiger partial charge in [-0.3, -0.25) is 4.79 Å². The summed E-state index contributed by atoms with van der Waals surface area (Å²) in [6.45, 7) is 0.955. The first-order chi connectivity index (χ1) is 12.5. The maximum atomic E-state index is 12.9. The molecule has 2 aliphatic rings. The quantitative estimate of drug-likeness (QED) is 0.863. The Morgan fingerprint density at radius 3 is 2.73 bits per heavy atom. The zero-order valence-corrected chi connectivity index (χ0v) is 15.7. The number of aryl methyl sites for hydroxylation is 2. The molecule has 1 aliphatic carbocycles. The van der Waals surface area contributed by atoms with Crippen LogP contribution in [0.15, 0.2) is 29.2 Å². The van der Waals surface area contributed by atoms with Gasteiger partial charge in [0.25, 0.3) is 5.91 Å². The Kier molecular flexibility index (Phi) is 4.36. The second-order valence-electron chi connectivity index (χ2n) is 6.97. The number of hydrogen-bond acceptors (Lipinski definition) is 3. The van der Waals surface area contributed by atoms with Gasteiger partial charge in [0.2, 0.25) is 10.0 Å². The summed E-state index contributed by atoms with van der Waals surface area (Å²) in [4.78, 5) is 18.4. The maximum Gasteiger partial charge on any atom is 0.270 e. The lowest BCUT2D eigenvalue weighted by Crippen LogP contribution is -2.37. The number of hydrogen-bond donors (Lipinski definition) is 2. The van der Waals surface area contributed by atoms with Crippen LogP contribution in [0.25, 0.3) is 0 Å². The summed E-state index contributed by atoms with van der Waals surface area (Å²) in [6.07, 6.45) is 4.93. The van der Waals surface area contributed by atoms with Crippen molar-refractivity contribution in [3.8, 4) is 0 Å². The molecule has 0 fully saturated rings. The topological polar surface area (TPSA) is 82.3 Å². The lowest BCUT2D eigenvalue weighted by atomic mass is 9.98. The van der Waals surface area contributed by atoms with Gasteiger partial charge in [0.05, 0.1) is 4.90 Å². The van der Waals surface area contributed by atoms with Crippen molar-refractivity contribution in [2.75, 3.05) is 13.6 Å². The first-order valence-electron chi connectivity index (χ1n) is 9.04. The second-order valence-corrected chi connectivity index (χ2v) is 8.83. The summed E-state index contributed by atoms with van der Waals surface area (Å²) in [7, 11) is -2.07. The van der Waals surface area contributed by atoms with Crippen LogP contribution in [0.3, 0.4) is 0 Å². The molecule has 1 aromatic carbocycles. The molecule has 0 saturated carbocycles. The lowest BCUT2D eigenvalue weighted by Gasteiger charge is -2.29. The van der Waals surface area contributed by atoms with Crippen molar-refractivity contribution in [3.63, 3.8) is 0 Å². The van der Waals surface area contributed by atoms with E-state index in [2.05, 4.69) is 9.71 Å². The van der Waals surface area contributed by atoms with E-state index >= 15 is 0 Å². The van der Waals surface area contributed by atoms with Crippen LogP contribution in [0.1, 0.15) is 45.7 Å². The first kappa shape index (κ1) is 17.3. The Balaban J connectivity index is 1.60. The van der Waals surface area contributed by atoms with E-state index in [1.807, 2.05) is 12.1 Å². The Hall–Kier alpha value is -2.12. The molecule has 7 heteroatoms. The third-order valence-electron chi connectivity index (χ3n) is 5.41. The van der Waals surface area contributed by atoms with Crippen molar-refractivity contribution in [2.24, 2.45) is 0 Å². The molecule has 0 saturated heterocycles. The van der Waals surface area contributed by atoms with E-state index in [0.717, 1.165) is 24.0 Å². The summed E-state index contributed by atoms with van der Waals surface area (Å²) in [6, 6.07) is 7.27. The van der Waals surface area contributed by atoms with Crippen molar-refractivity contribution in [1.29, 1.82) is 0 Å². The SMILES string of the molecule is CNS(=O)(=O)c1cccc2c1CCN(C(=O)c1cc3c([nH]1)CCCC3)C2. The maximum absolute atomic E-state index is 12.9. The summed E-state index contributed by atoms with van der Waals surface area (Å²) in [5.74, 6) is -0.00748. The number of aromatic amines is 1. The van der Waals surface area contributed by atoms with Crippen LogP contribution in [-0.4, -0.2) is 37.8 Å². The van der Waals surface area contributed by atoms with Gasteiger partial charge in [-0.25, -0.2) is 13.1 Å². The highest BCUT2D eigenvalue weighted by atomic mass is 32.2. The van der Waals surface area contributed by atoms with Gasteiger partial charge >= 0.3 is 0 Å². The third-order valence-corrected chi connectivity index (χ3v) is 6.91. The highest BCUT2D eigenvalue weighted by Crippen LogP contribution is 2.27. The number of sulfonamides is 1. The minimum atomic E-state index is -3.49. The van der Waals surface area contributed by atoms with E-state index in [1.54, 1.807) is 17.0 Å². The van der Waals surface area contributed by atoms with Gasteiger partial charge in [-0.2, -0.15) is 0 Å². The van der Waals surface area contributed by atoms with Crippen molar-refractivity contribution in [1.82, 2.24) is 14.6 Å². The Morgan fingerprint density at radius 2 is 1.96 bits per heavy atom. The Morgan fingerprint density at radius 1 is 1.15 bits per heavy atom. The van der Waals surface area contributed by atoms with Gasteiger partial charge in [-0.05, 0) is 68.0 Å². The van der Waals surface area contributed by atoms with Crippen molar-refractivity contribution in [2.45, 2.75) is 43.5 Å². The van der Waals surface area contributed by atoms with Gasteiger partial charge in [-0.1, -0.05) is 12.1 Å². The van der Waals surface area contributed by atoms with Crippen LogP contribution in [-0.2, 0) is 35.8 Å². The number of rotatable bonds is 3. The number of H-pyrrole nitrogens is 1. The molecule has 1 amide bonds. The summed E-state index contributed by atoms with van der Waals surface area (Å²) >= 11 is 0. The zero-order chi connectivity index (χ0) is 18.3. The minimum absolute atomic E-state index is 0.00748. The largest absolute Gasteiger partial charge is 0.354 e. The third kappa shape index (κ3) is 2.95. The molecule has 0 atom stereocenters. The number of aromatic nitrogens is 1. The van der Waals surface area contributed by atoms with Gasteiger partial charge in [0.1, 0.15) is 5.69 Å². The minimum Gasteiger partial charge on any atom is -0.354 e. The number of benzene rings is 1. The molecule has 0 unspecified atom stereocenters. The Labute approximate surface area is 153 Å². The summed E-state index contributed by atoms with van der Waals surface area (Å²) < 4.78 is 26.8. The van der Waals surface area contributed by atoms with Crippen LogP contribution in [0.4, 0.5) is 0 Å². The standard InChI is InChI=1S/C19H23N3O3S/c1-20-26(24,25)18-8-4-6-14-12-22(10-9-15(14)18)19(23)17-11-13-5-2-3-7-16(13)21-17/h4,6,8,11,20-21H,2-3,5,7,9-10,12H2,1H3. The van der Waals surface area contributed by atoms with Crippen LogP contribution >= 0.6 is 0 Å². The molecule has 2 heterocycles. The highest BCUT2D eigenvalue weighted by molar-refractivity contribution is 7.89. The van der Waals surface area contributed by atoms with Crippen LogP contribution in [0.2, 0.25) is 0 Å². The van der Waals surface area contributed by atoms with Gasteiger partial charge in [0, 0.05) is 18.8 Å². The number of nitrogens with zero attached hydrogens (tertiary/aromatic N) is 1. The van der Waals surface area contributed by atoms with Crippen molar-refractivity contribution >= 4 is 15.9 Å². The predicted molar refractivity (Wildman–Crippen MR) is 98.6 cm³/mol. The van der Waals surface area contributed by atoms with Gasteiger partial charge in [0.15, 0.2) is 0 Å². The lowest BCUT2D eigenvalue weighted by molar-refractivity contribution is 0.0728. The Bertz CT molecular complexity index is 939. The van der Waals surface area contributed by atoms with Crippen LogP contribution in [0.5, 0.6) is 0 Å². The summed E-state index contributed by atoms with van der Waals surface area (Å²) in [5.41, 5.74) is 4.83. The fraction of sp³-hybridized carbons (Fsp3) is 0.421. The molecule has 4 rings (SSSR count). The van der Waals surface area contributed by atoms with Crippen molar-refractivity contribution in [3.05, 3.63) is 52.3 Å². The molecular weight excluding hydrogens is 350 g/mol. The molecule has 1 aromatic heterocycles. The smallest absolute Gasteiger partial charge is 0.270 e. The molecule has 6 nitrogen and oxygen atoms in total. The van der Waals surface area contributed by atoms with Gasteiger partial charge < -0.3 is 9.88 Å². The number of nitrogens with one attached hydrogen (secondary N) is 2. The van der Waals surface area contributed by atoms with E-state index in [1.165, 1.54) is 31.1 Å². The zero-order valence-electron chi connectivity index (χ0n) is 14.8. The molecule has 2 N–H and O–H groups in total. The fourth-order valence-corrected chi connectivity index (χ4v) is 5.03. The second kappa shape index (κ2) is 6.55. The normalized spacial score (nSPS) is 16.9. The number of carbonyl (C=O) groups is 1. The average molecular weight is 373 g/mol. The average Bonchev–Trinajstić information content (AvgIpc) is 3.10. The van der Waals surface area contributed by atoms with E-state index < -0.39 is 10.0 Å². The number of fused-ring (bicyclic) bond motifs is 2. The van der Waals surface area contributed by atoms with E-state index in [4.69, 9.17) is 0 Å². The number of amides is 1. The molecule has 1 aliphatic heterocycles. The number of carbonyl (C=O) groups excluding carboxylic acids is 1. The molecule has 0 spiro atoms. The molecule has 0 radical (unpaired) electrons.